The molecule has 2 aromatic rings. The van der Waals surface area contributed by atoms with E-state index in [1.165, 1.54) is 5.56 Å². The summed E-state index contributed by atoms with van der Waals surface area (Å²) in [5.41, 5.74) is 1.85. The summed E-state index contributed by atoms with van der Waals surface area (Å²) in [6, 6.07) is 11.0. The Kier molecular flexibility index (Phi) is 5.13. The molecule has 0 N–H and O–H groups in total. The predicted molar refractivity (Wildman–Crippen MR) is 81.0 cm³/mol. The highest BCUT2D eigenvalue weighted by Gasteiger charge is 2.13. The Labute approximate surface area is 124 Å². The van der Waals surface area contributed by atoms with Gasteiger partial charge in [0.2, 0.25) is 0 Å². The van der Waals surface area contributed by atoms with Crippen molar-refractivity contribution in [2.45, 2.75) is 13.3 Å². The molecule has 0 atom stereocenters. The molecule has 2 rings (SSSR count). The van der Waals surface area contributed by atoms with Crippen molar-refractivity contribution in [3.05, 3.63) is 64.9 Å². The van der Waals surface area contributed by atoms with Crippen LogP contribution in [0.15, 0.2) is 48.8 Å². The smallest absolute Gasteiger partial charge is 0.253 e. The van der Waals surface area contributed by atoms with Crippen molar-refractivity contribution < 1.29 is 4.79 Å². The van der Waals surface area contributed by atoms with Gasteiger partial charge in [0.05, 0.1) is 0 Å². The van der Waals surface area contributed by atoms with Gasteiger partial charge in [0, 0.05) is 36.1 Å². The fourth-order valence-corrected chi connectivity index (χ4v) is 2.12. The zero-order chi connectivity index (χ0) is 14.4. The molecule has 0 aliphatic rings. The van der Waals surface area contributed by atoms with E-state index in [9.17, 15) is 4.79 Å². The fraction of sp³-hybridized carbons (Fsp3) is 0.250. The first-order valence-electron chi connectivity index (χ1n) is 6.64. The average Bonchev–Trinajstić information content (AvgIpc) is 2.49. The summed E-state index contributed by atoms with van der Waals surface area (Å²) in [6.45, 7) is 3.37. The zero-order valence-corrected chi connectivity index (χ0v) is 12.2. The molecule has 0 radical (unpaired) electrons. The van der Waals surface area contributed by atoms with Crippen LogP contribution in [-0.4, -0.2) is 28.9 Å². The number of nitrogens with zero attached hydrogens (tertiary/aromatic N) is 2. The van der Waals surface area contributed by atoms with Crippen LogP contribution >= 0.6 is 11.6 Å². The van der Waals surface area contributed by atoms with Gasteiger partial charge in [0.1, 0.15) is 0 Å². The van der Waals surface area contributed by atoms with Gasteiger partial charge in [0.25, 0.3) is 5.91 Å². The molecule has 0 spiro atoms. The molecule has 0 saturated carbocycles. The normalized spacial score (nSPS) is 10.3. The minimum atomic E-state index is 0.0400. The van der Waals surface area contributed by atoms with Crippen LogP contribution in [0, 0.1) is 0 Å². The number of halogens is 1. The molecule has 4 heteroatoms. The van der Waals surface area contributed by atoms with E-state index in [0.717, 1.165) is 6.42 Å². The maximum atomic E-state index is 12.4. The number of hydrogen-bond donors (Lipinski definition) is 0. The third-order valence-electron chi connectivity index (χ3n) is 3.18. The van der Waals surface area contributed by atoms with Crippen LogP contribution in [0.2, 0.25) is 5.02 Å². The molecular weight excluding hydrogens is 272 g/mol. The molecule has 0 fully saturated rings. The van der Waals surface area contributed by atoms with Crippen molar-refractivity contribution in [3.8, 4) is 0 Å². The number of aromatic nitrogens is 1. The first-order valence-corrected chi connectivity index (χ1v) is 7.02. The van der Waals surface area contributed by atoms with Gasteiger partial charge in [0.15, 0.2) is 0 Å². The number of hydrogen-bond acceptors (Lipinski definition) is 2. The molecule has 20 heavy (non-hydrogen) atoms. The van der Waals surface area contributed by atoms with E-state index < -0.39 is 0 Å². The topological polar surface area (TPSA) is 33.2 Å². The van der Waals surface area contributed by atoms with Crippen molar-refractivity contribution in [3.63, 3.8) is 0 Å². The van der Waals surface area contributed by atoms with E-state index in [-0.39, 0.29) is 5.91 Å². The molecule has 1 amide bonds. The van der Waals surface area contributed by atoms with Crippen LogP contribution in [-0.2, 0) is 6.42 Å². The maximum absolute atomic E-state index is 12.4. The Hall–Kier alpha value is -1.87. The van der Waals surface area contributed by atoms with E-state index in [0.29, 0.717) is 23.7 Å². The molecule has 3 nitrogen and oxygen atoms in total. The summed E-state index contributed by atoms with van der Waals surface area (Å²) in [5, 5.41) is 0.640. The fourth-order valence-electron chi connectivity index (χ4n) is 1.99. The SMILES string of the molecule is CCN(CCc1ccncc1)C(=O)c1ccc(Cl)cc1. The second-order valence-corrected chi connectivity index (χ2v) is 4.93. The predicted octanol–water partition coefficient (Wildman–Crippen LogP) is 3.44. The van der Waals surface area contributed by atoms with Crippen LogP contribution < -0.4 is 0 Å². The molecule has 0 aliphatic carbocycles. The molecule has 1 heterocycles. The van der Waals surface area contributed by atoms with E-state index in [4.69, 9.17) is 11.6 Å². The maximum Gasteiger partial charge on any atom is 0.253 e. The summed E-state index contributed by atoms with van der Waals surface area (Å²) in [7, 11) is 0. The van der Waals surface area contributed by atoms with Crippen molar-refractivity contribution in [2.75, 3.05) is 13.1 Å². The van der Waals surface area contributed by atoms with E-state index in [1.54, 1.807) is 36.7 Å². The minimum Gasteiger partial charge on any atom is -0.339 e. The lowest BCUT2D eigenvalue weighted by atomic mass is 10.1. The van der Waals surface area contributed by atoms with Gasteiger partial charge in [-0.2, -0.15) is 0 Å². The first-order chi connectivity index (χ1) is 9.70. The number of amides is 1. The van der Waals surface area contributed by atoms with Crippen LogP contribution in [0.3, 0.4) is 0 Å². The largest absolute Gasteiger partial charge is 0.339 e. The highest BCUT2D eigenvalue weighted by molar-refractivity contribution is 6.30. The Morgan fingerprint density at radius 2 is 1.80 bits per heavy atom. The molecule has 0 bridgehead atoms. The standard InChI is InChI=1S/C16H17ClN2O/c1-2-19(12-9-13-7-10-18-11-8-13)16(20)14-3-5-15(17)6-4-14/h3-8,10-11H,2,9,12H2,1H3. The van der Waals surface area contributed by atoms with Crippen molar-refractivity contribution in [1.29, 1.82) is 0 Å². The van der Waals surface area contributed by atoms with Gasteiger partial charge in [-0.25, -0.2) is 0 Å². The lowest BCUT2D eigenvalue weighted by Gasteiger charge is -2.21. The summed E-state index contributed by atoms with van der Waals surface area (Å²) in [6.07, 6.45) is 4.37. The Morgan fingerprint density at radius 1 is 1.15 bits per heavy atom. The molecule has 1 aromatic heterocycles. The number of rotatable bonds is 5. The Balaban J connectivity index is 2.00. The van der Waals surface area contributed by atoms with E-state index in [1.807, 2.05) is 24.0 Å². The monoisotopic (exact) mass is 288 g/mol. The number of likely N-dealkylation sites (N-methyl/N-ethyl adjacent to an activating group) is 1. The molecule has 1 aromatic carbocycles. The number of benzene rings is 1. The Morgan fingerprint density at radius 3 is 2.40 bits per heavy atom. The van der Waals surface area contributed by atoms with Gasteiger partial charge >= 0.3 is 0 Å². The summed E-state index contributed by atoms with van der Waals surface area (Å²) >= 11 is 5.84. The van der Waals surface area contributed by atoms with Crippen LogP contribution in [0.4, 0.5) is 0 Å². The Bertz CT molecular complexity index is 554. The van der Waals surface area contributed by atoms with E-state index in [2.05, 4.69) is 4.98 Å². The molecule has 104 valence electrons. The second-order valence-electron chi connectivity index (χ2n) is 4.50. The van der Waals surface area contributed by atoms with Crippen molar-refractivity contribution in [2.24, 2.45) is 0 Å². The molecular formula is C16H17ClN2O. The quantitative estimate of drug-likeness (QED) is 0.844. The summed E-state index contributed by atoms with van der Waals surface area (Å²) < 4.78 is 0. The van der Waals surface area contributed by atoms with Crippen molar-refractivity contribution >= 4 is 17.5 Å². The lowest BCUT2D eigenvalue weighted by Crippen LogP contribution is -2.32. The number of carbonyl (C=O) groups is 1. The third kappa shape index (κ3) is 3.81. The zero-order valence-electron chi connectivity index (χ0n) is 11.4. The minimum absolute atomic E-state index is 0.0400. The lowest BCUT2D eigenvalue weighted by molar-refractivity contribution is 0.0766. The molecule has 0 unspecified atom stereocenters. The van der Waals surface area contributed by atoms with Gasteiger partial charge < -0.3 is 4.90 Å². The van der Waals surface area contributed by atoms with E-state index >= 15 is 0 Å². The van der Waals surface area contributed by atoms with Gasteiger partial charge in [-0.15, -0.1) is 0 Å². The van der Waals surface area contributed by atoms with Crippen LogP contribution in [0.25, 0.3) is 0 Å². The summed E-state index contributed by atoms with van der Waals surface area (Å²) in [5.74, 6) is 0.0400. The first kappa shape index (κ1) is 14.5. The van der Waals surface area contributed by atoms with Crippen LogP contribution in [0.5, 0.6) is 0 Å². The van der Waals surface area contributed by atoms with Crippen LogP contribution in [0.1, 0.15) is 22.8 Å². The highest BCUT2D eigenvalue weighted by Crippen LogP contribution is 2.12. The molecule has 0 saturated heterocycles. The molecule has 0 aliphatic heterocycles. The number of carbonyl (C=O) groups excluding carboxylic acids is 1. The van der Waals surface area contributed by atoms with Crippen molar-refractivity contribution in [1.82, 2.24) is 9.88 Å². The average molecular weight is 289 g/mol. The third-order valence-corrected chi connectivity index (χ3v) is 3.43. The van der Waals surface area contributed by atoms with Gasteiger partial charge in [-0.1, -0.05) is 11.6 Å². The van der Waals surface area contributed by atoms with Gasteiger partial charge in [-0.05, 0) is 55.3 Å². The highest BCUT2D eigenvalue weighted by atomic mass is 35.5. The summed E-state index contributed by atoms with van der Waals surface area (Å²) in [4.78, 5) is 18.2. The van der Waals surface area contributed by atoms with Gasteiger partial charge in [-0.3, -0.25) is 9.78 Å². The second kappa shape index (κ2) is 7.06. The number of pyridine rings is 1.